The molecule has 142 valence electrons. The molecule has 0 atom stereocenters. The zero-order valence-corrected chi connectivity index (χ0v) is 15.6. The highest BCUT2D eigenvalue weighted by molar-refractivity contribution is 5.79. The molecule has 0 aromatic heterocycles. The zero-order valence-electron chi connectivity index (χ0n) is 15.6. The summed E-state index contributed by atoms with van der Waals surface area (Å²) >= 11 is 0. The number of rotatable bonds is 6. The van der Waals surface area contributed by atoms with Crippen molar-refractivity contribution in [2.24, 2.45) is 0 Å². The van der Waals surface area contributed by atoms with Crippen molar-refractivity contribution < 1.29 is 9.90 Å². The van der Waals surface area contributed by atoms with E-state index in [1.807, 2.05) is 30.3 Å². The molecule has 1 saturated carbocycles. The number of hydrogen-bond acceptors (Lipinski definition) is 4. The first-order valence-corrected chi connectivity index (χ1v) is 9.79. The van der Waals surface area contributed by atoms with Gasteiger partial charge in [-0.3, -0.25) is 9.69 Å². The van der Waals surface area contributed by atoms with Crippen LogP contribution in [0.4, 0.5) is 5.69 Å². The lowest BCUT2D eigenvalue weighted by Crippen LogP contribution is -2.50. The standard InChI is InChI=1S/C22H27N3O2/c26-21-10-8-19(9-11-21)24-14-12-23(13-15-24)17-22(27)25(20-6-7-20)16-18-4-2-1-3-5-18/h1-5,8-11,20,26H,6-7,12-17H2. The molecule has 0 unspecified atom stereocenters. The second-order valence-electron chi connectivity index (χ2n) is 7.52. The van der Waals surface area contributed by atoms with Gasteiger partial charge in [0.05, 0.1) is 6.54 Å². The molecule has 1 heterocycles. The molecule has 27 heavy (non-hydrogen) atoms. The molecule has 5 nitrogen and oxygen atoms in total. The first kappa shape index (κ1) is 17.9. The molecule has 0 radical (unpaired) electrons. The van der Waals surface area contributed by atoms with Crippen LogP contribution < -0.4 is 4.90 Å². The fourth-order valence-electron chi connectivity index (χ4n) is 3.70. The van der Waals surface area contributed by atoms with Crippen LogP contribution in [-0.4, -0.2) is 59.6 Å². The van der Waals surface area contributed by atoms with Gasteiger partial charge in [-0.05, 0) is 42.7 Å². The fraction of sp³-hybridized carbons (Fsp3) is 0.409. The van der Waals surface area contributed by atoms with E-state index in [0.29, 0.717) is 18.3 Å². The van der Waals surface area contributed by atoms with E-state index in [4.69, 9.17) is 0 Å². The van der Waals surface area contributed by atoms with Crippen molar-refractivity contribution in [1.82, 2.24) is 9.80 Å². The van der Waals surface area contributed by atoms with Crippen LogP contribution in [0.25, 0.3) is 0 Å². The Balaban J connectivity index is 1.31. The lowest BCUT2D eigenvalue weighted by Gasteiger charge is -2.36. The monoisotopic (exact) mass is 365 g/mol. The first-order valence-electron chi connectivity index (χ1n) is 9.79. The van der Waals surface area contributed by atoms with Crippen molar-refractivity contribution in [1.29, 1.82) is 0 Å². The normalized spacial score (nSPS) is 17.7. The summed E-state index contributed by atoms with van der Waals surface area (Å²) < 4.78 is 0. The summed E-state index contributed by atoms with van der Waals surface area (Å²) in [5.41, 5.74) is 2.33. The number of benzene rings is 2. The second-order valence-corrected chi connectivity index (χ2v) is 7.52. The number of phenols is 1. The number of carbonyl (C=O) groups excluding carboxylic acids is 1. The number of hydrogen-bond donors (Lipinski definition) is 1. The summed E-state index contributed by atoms with van der Waals surface area (Å²) in [5, 5.41) is 9.43. The largest absolute Gasteiger partial charge is 0.508 e. The van der Waals surface area contributed by atoms with E-state index in [9.17, 15) is 9.90 Å². The van der Waals surface area contributed by atoms with Crippen molar-refractivity contribution in [3.63, 3.8) is 0 Å². The van der Waals surface area contributed by atoms with Crippen LogP contribution in [-0.2, 0) is 11.3 Å². The van der Waals surface area contributed by atoms with Crippen molar-refractivity contribution >= 4 is 11.6 Å². The Morgan fingerprint density at radius 1 is 0.963 bits per heavy atom. The van der Waals surface area contributed by atoms with Gasteiger partial charge in [-0.15, -0.1) is 0 Å². The number of amides is 1. The lowest BCUT2D eigenvalue weighted by molar-refractivity contribution is -0.133. The number of nitrogens with zero attached hydrogens (tertiary/aromatic N) is 3. The summed E-state index contributed by atoms with van der Waals surface area (Å²) in [4.78, 5) is 19.6. The van der Waals surface area contributed by atoms with Gasteiger partial charge in [0, 0.05) is 44.5 Å². The van der Waals surface area contributed by atoms with Gasteiger partial charge in [-0.25, -0.2) is 0 Å². The van der Waals surface area contributed by atoms with Gasteiger partial charge >= 0.3 is 0 Å². The minimum atomic E-state index is 0.249. The van der Waals surface area contributed by atoms with Crippen LogP contribution in [0, 0.1) is 0 Å². The van der Waals surface area contributed by atoms with Crippen molar-refractivity contribution in [2.75, 3.05) is 37.6 Å². The Labute approximate surface area is 160 Å². The number of carbonyl (C=O) groups is 1. The summed E-state index contributed by atoms with van der Waals surface area (Å²) in [6.07, 6.45) is 2.26. The van der Waals surface area contributed by atoms with Crippen LogP contribution >= 0.6 is 0 Å². The average molecular weight is 365 g/mol. The van der Waals surface area contributed by atoms with E-state index >= 15 is 0 Å². The second kappa shape index (κ2) is 8.01. The van der Waals surface area contributed by atoms with Crippen LogP contribution in [0.5, 0.6) is 5.75 Å². The van der Waals surface area contributed by atoms with Gasteiger partial charge in [-0.2, -0.15) is 0 Å². The Hall–Kier alpha value is -2.53. The summed E-state index contributed by atoms with van der Waals surface area (Å²) in [5.74, 6) is 0.543. The number of aromatic hydroxyl groups is 1. The number of phenolic OH excluding ortho intramolecular Hbond substituents is 1. The highest BCUT2D eigenvalue weighted by Crippen LogP contribution is 2.28. The maximum absolute atomic E-state index is 12.9. The number of anilines is 1. The predicted octanol–water partition coefficient (Wildman–Crippen LogP) is 2.71. The molecule has 2 aromatic carbocycles. The van der Waals surface area contributed by atoms with Gasteiger partial charge in [0.2, 0.25) is 5.91 Å². The molecule has 1 N–H and O–H groups in total. The molecule has 1 saturated heterocycles. The highest BCUT2D eigenvalue weighted by atomic mass is 16.3. The Kier molecular flexibility index (Phi) is 5.30. The van der Waals surface area contributed by atoms with E-state index in [-0.39, 0.29) is 5.91 Å². The zero-order chi connectivity index (χ0) is 18.6. The molecule has 0 spiro atoms. The third-order valence-corrected chi connectivity index (χ3v) is 5.45. The third-order valence-electron chi connectivity index (χ3n) is 5.45. The molecule has 4 rings (SSSR count). The quantitative estimate of drug-likeness (QED) is 0.855. The number of piperazine rings is 1. The molecule has 2 fully saturated rings. The maximum Gasteiger partial charge on any atom is 0.237 e. The molecular weight excluding hydrogens is 338 g/mol. The van der Waals surface area contributed by atoms with Crippen LogP contribution in [0.3, 0.4) is 0 Å². The molecule has 1 aliphatic heterocycles. The molecule has 2 aromatic rings. The van der Waals surface area contributed by atoms with Gasteiger partial charge in [0.15, 0.2) is 0 Å². The molecule has 1 amide bonds. The van der Waals surface area contributed by atoms with Gasteiger partial charge < -0.3 is 14.9 Å². The lowest BCUT2D eigenvalue weighted by atomic mass is 10.2. The highest BCUT2D eigenvalue weighted by Gasteiger charge is 2.33. The SMILES string of the molecule is O=C(CN1CCN(c2ccc(O)cc2)CC1)N(Cc1ccccc1)C1CC1. The summed E-state index contributed by atoms with van der Waals surface area (Å²) in [6, 6.07) is 18.1. The Morgan fingerprint density at radius 2 is 1.63 bits per heavy atom. The molecule has 1 aliphatic carbocycles. The van der Waals surface area contributed by atoms with E-state index in [2.05, 4.69) is 26.8 Å². The van der Waals surface area contributed by atoms with Gasteiger partial charge in [-0.1, -0.05) is 30.3 Å². The van der Waals surface area contributed by atoms with E-state index in [1.165, 1.54) is 5.56 Å². The minimum absolute atomic E-state index is 0.249. The Morgan fingerprint density at radius 3 is 2.26 bits per heavy atom. The predicted molar refractivity (Wildman–Crippen MR) is 107 cm³/mol. The van der Waals surface area contributed by atoms with Crippen molar-refractivity contribution in [3.8, 4) is 5.75 Å². The third kappa shape index (κ3) is 4.61. The topological polar surface area (TPSA) is 47.0 Å². The fourth-order valence-corrected chi connectivity index (χ4v) is 3.70. The van der Waals surface area contributed by atoms with Crippen LogP contribution in [0.2, 0.25) is 0 Å². The van der Waals surface area contributed by atoms with Crippen molar-refractivity contribution in [3.05, 3.63) is 60.2 Å². The van der Waals surface area contributed by atoms with Crippen LogP contribution in [0.1, 0.15) is 18.4 Å². The summed E-state index contributed by atoms with van der Waals surface area (Å²) in [6.45, 7) is 4.80. The molecule has 5 heteroatoms. The molecule has 2 aliphatic rings. The minimum Gasteiger partial charge on any atom is -0.508 e. The van der Waals surface area contributed by atoms with E-state index < -0.39 is 0 Å². The molecule has 0 bridgehead atoms. The smallest absolute Gasteiger partial charge is 0.237 e. The van der Waals surface area contributed by atoms with Crippen molar-refractivity contribution in [2.45, 2.75) is 25.4 Å². The van der Waals surface area contributed by atoms with Crippen LogP contribution in [0.15, 0.2) is 54.6 Å². The maximum atomic E-state index is 12.9. The Bertz CT molecular complexity index is 751. The molecular formula is C22H27N3O2. The van der Waals surface area contributed by atoms with E-state index in [0.717, 1.165) is 51.3 Å². The van der Waals surface area contributed by atoms with Gasteiger partial charge in [0.25, 0.3) is 0 Å². The average Bonchev–Trinajstić information content (AvgIpc) is 3.53. The first-order chi connectivity index (χ1) is 13.2. The van der Waals surface area contributed by atoms with E-state index in [1.54, 1.807) is 12.1 Å². The summed E-state index contributed by atoms with van der Waals surface area (Å²) in [7, 11) is 0. The van der Waals surface area contributed by atoms with Gasteiger partial charge in [0.1, 0.15) is 5.75 Å².